The average molecular weight is 195 g/mol. The quantitative estimate of drug-likeness (QED) is 0.792. The second kappa shape index (κ2) is 3.41. The van der Waals surface area contributed by atoms with Gasteiger partial charge in [0.05, 0.1) is 5.60 Å². The summed E-state index contributed by atoms with van der Waals surface area (Å²) in [5.74, 6) is 2.00. The summed E-state index contributed by atoms with van der Waals surface area (Å²) in [5, 5.41) is 3.24. The second-order valence-electron chi connectivity index (χ2n) is 4.11. The lowest BCUT2D eigenvalue weighted by molar-refractivity contribution is -0.0504. The molecule has 2 heterocycles. The number of hydrogen-bond donors (Lipinski definition) is 1. The number of aryl methyl sites for hydroxylation is 2. The Hall–Kier alpha value is -0.800. The molecule has 1 aromatic heterocycles. The van der Waals surface area contributed by atoms with Crippen LogP contribution in [-0.2, 0) is 11.2 Å². The van der Waals surface area contributed by atoms with Crippen LogP contribution in [0.15, 0.2) is 10.5 Å². The van der Waals surface area contributed by atoms with Crippen molar-refractivity contribution in [2.75, 3.05) is 20.2 Å². The Bertz CT molecular complexity index is 321. The molecule has 0 atom stereocenters. The second-order valence-corrected chi connectivity index (χ2v) is 4.11. The monoisotopic (exact) mass is 195 g/mol. The molecule has 0 radical (unpaired) electrons. The van der Waals surface area contributed by atoms with Crippen molar-refractivity contribution in [2.45, 2.75) is 25.9 Å². The van der Waals surface area contributed by atoms with Crippen LogP contribution in [0.4, 0.5) is 0 Å². The number of hydrogen-bond acceptors (Lipinski definition) is 3. The molecule has 1 aliphatic heterocycles. The fraction of sp³-hybridized carbons (Fsp3) is 0.636. The molecule has 1 aliphatic rings. The van der Waals surface area contributed by atoms with Gasteiger partial charge in [0.15, 0.2) is 0 Å². The van der Waals surface area contributed by atoms with Crippen LogP contribution < -0.4 is 5.32 Å². The molecule has 0 unspecified atom stereocenters. The zero-order valence-electron chi connectivity index (χ0n) is 9.02. The number of ether oxygens (including phenoxy) is 1. The lowest BCUT2D eigenvalue weighted by Gasteiger charge is -2.41. The largest absolute Gasteiger partial charge is 0.466 e. The number of nitrogens with one attached hydrogen (secondary N) is 1. The first kappa shape index (κ1) is 9.74. The van der Waals surface area contributed by atoms with E-state index >= 15 is 0 Å². The minimum absolute atomic E-state index is 0.00106. The van der Waals surface area contributed by atoms with E-state index in [1.165, 1.54) is 5.56 Å². The SMILES string of the molecule is COC1(Cc2cc(C)oc2C)CNC1. The van der Waals surface area contributed by atoms with Crippen molar-refractivity contribution < 1.29 is 9.15 Å². The van der Waals surface area contributed by atoms with E-state index in [2.05, 4.69) is 11.4 Å². The average Bonchev–Trinajstić information content (AvgIpc) is 2.38. The van der Waals surface area contributed by atoms with Gasteiger partial charge in [0.1, 0.15) is 11.5 Å². The highest BCUT2D eigenvalue weighted by Gasteiger charge is 2.37. The van der Waals surface area contributed by atoms with Gasteiger partial charge >= 0.3 is 0 Å². The summed E-state index contributed by atoms with van der Waals surface area (Å²) in [7, 11) is 1.78. The van der Waals surface area contributed by atoms with Gasteiger partial charge in [0.2, 0.25) is 0 Å². The third-order valence-electron chi connectivity index (χ3n) is 2.98. The van der Waals surface area contributed by atoms with E-state index in [1.54, 1.807) is 7.11 Å². The van der Waals surface area contributed by atoms with Gasteiger partial charge in [0.25, 0.3) is 0 Å². The van der Waals surface area contributed by atoms with Crippen LogP contribution in [0.3, 0.4) is 0 Å². The van der Waals surface area contributed by atoms with Crippen molar-refractivity contribution in [1.82, 2.24) is 5.32 Å². The standard InChI is InChI=1S/C11H17NO2/c1-8-4-10(9(2)14-8)5-11(13-3)6-12-7-11/h4,12H,5-7H2,1-3H3. The van der Waals surface area contributed by atoms with Crippen LogP contribution in [0, 0.1) is 13.8 Å². The normalized spacial score (nSPS) is 19.4. The van der Waals surface area contributed by atoms with Crippen molar-refractivity contribution in [3.63, 3.8) is 0 Å². The van der Waals surface area contributed by atoms with Gasteiger partial charge in [-0.15, -0.1) is 0 Å². The van der Waals surface area contributed by atoms with Crippen molar-refractivity contribution in [3.05, 3.63) is 23.2 Å². The van der Waals surface area contributed by atoms with Crippen LogP contribution in [0.1, 0.15) is 17.1 Å². The molecule has 2 rings (SSSR count). The smallest absolute Gasteiger partial charge is 0.104 e. The van der Waals surface area contributed by atoms with Crippen LogP contribution >= 0.6 is 0 Å². The fourth-order valence-electron chi connectivity index (χ4n) is 1.95. The first-order valence-electron chi connectivity index (χ1n) is 4.97. The van der Waals surface area contributed by atoms with Crippen molar-refractivity contribution in [1.29, 1.82) is 0 Å². The van der Waals surface area contributed by atoms with E-state index in [4.69, 9.17) is 9.15 Å². The minimum Gasteiger partial charge on any atom is -0.466 e. The summed E-state index contributed by atoms with van der Waals surface area (Å²) in [6.45, 7) is 5.87. The van der Waals surface area contributed by atoms with E-state index < -0.39 is 0 Å². The Balaban J connectivity index is 2.13. The topological polar surface area (TPSA) is 34.4 Å². The van der Waals surface area contributed by atoms with E-state index in [1.807, 2.05) is 13.8 Å². The summed E-state index contributed by atoms with van der Waals surface area (Å²) in [4.78, 5) is 0. The van der Waals surface area contributed by atoms with Gasteiger partial charge in [-0.1, -0.05) is 0 Å². The first-order valence-corrected chi connectivity index (χ1v) is 4.97. The van der Waals surface area contributed by atoms with Gasteiger partial charge in [-0.2, -0.15) is 0 Å². The maximum atomic E-state index is 5.54. The van der Waals surface area contributed by atoms with Gasteiger partial charge in [0, 0.05) is 26.6 Å². The lowest BCUT2D eigenvalue weighted by atomic mass is 9.89. The number of methoxy groups -OCH3 is 1. The van der Waals surface area contributed by atoms with Crippen LogP contribution in [0.25, 0.3) is 0 Å². The third-order valence-corrected chi connectivity index (χ3v) is 2.98. The van der Waals surface area contributed by atoms with Gasteiger partial charge < -0.3 is 14.5 Å². The molecule has 78 valence electrons. The Labute approximate surface area is 84.4 Å². The molecule has 0 aromatic carbocycles. The van der Waals surface area contributed by atoms with Crippen LogP contribution in [0.5, 0.6) is 0 Å². The molecular formula is C11H17NO2. The van der Waals surface area contributed by atoms with E-state index in [-0.39, 0.29) is 5.60 Å². The maximum Gasteiger partial charge on any atom is 0.104 e. The zero-order chi connectivity index (χ0) is 10.2. The lowest BCUT2D eigenvalue weighted by Crippen LogP contribution is -2.61. The molecule has 1 aromatic rings. The van der Waals surface area contributed by atoms with Gasteiger partial charge in [-0.05, 0) is 25.5 Å². The molecule has 0 aliphatic carbocycles. The molecule has 1 saturated heterocycles. The fourth-order valence-corrected chi connectivity index (χ4v) is 1.95. The van der Waals surface area contributed by atoms with E-state index in [0.29, 0.717) is 0 Å². The van der Waals surface area contributed by atoms with Crippen LogP contribution in [-0.4, -0.2) is 25.8 Å². The highest BCUT2D eigenvalue weighted by molar-refractivity contribution is 5.23. The Morgan fingerprint density at radius 2 is 2.21 bits per heavy atom. The summed E-state index contributed by atoms with van der Waals surface area (Å²) in [6.07, 6.45) is 0.944. The molecule has 3 nitrogen and oxygen atoms in total. The van der Waals surface area contributed by atoms with E-state index in [9.17, 15) is 0 Å². The summed E-state index contributed by atoms with van der Waals surface area (Å²) < 4.78 is 11.0. The molecule has 1 fully saturated rings. The molecule has 14 heavy (non-hydrogen) atoms. The van der Waals surface area contributed by atoms with Crippen molar-refractivity contribution in [3.8, 4) is 0 Å². The third kappa shape index (κ3) is 1.57. The molecule has 0 amide bonds. The molecule has 1 N–H and O–H groups in total. The van der Waals surface area contributed by atoms with Gasteiger partial charge in [-0.25, -0.2) is 0 Å². The minimum atomic E-state index is 0.00106. The zero-order valence-corrected chi connectivity index (χ0v) is 9.02. The molecule has 0 bridgehead atoms. The summed E-state index contributed by atoms with van der Waals surface area (Å²) in [5.41, 5.74) is 1.27. The Kier molecular flexibility index (Phi) is 2.37. The molecular weight excluding hydrogens is 178 g/mol. The van der Waals surface area contributed by atoms with Crippen LogP contribution in [0.2, 0.25) is 0 Å². The summed E-state index contributed by atoms with van der Waals surface area (Å²) in [6, 6.07) is 2.11. The van der Waals surface area contributed by atoms with Crippen molar-refractivity contribution in [2.24, 2.45) is 0 Å². The predicted octanol–water partition coefficient (Wildman–Crippen LogP) is 1.43. The Morgan fingerprint density at radius 1 is 1.50 bits per heavy atom. The first-order chi connectivity index (χ1) is 6.65. The highest BCUT2D eigenvalue weighted by atomic mass is 16.5. The number of furan rings is 1. The Morgan fingerprint density at radius 3 is 2.57 bits per heavy atom. The molecule has 0 saturated carbocycles. The molecule has 0 spiro atoms. The van der Waals surface area contributed by atoms with Gasteiger partial charge in [-0.3, -0.25) is 0 Å². The number of rotatable bonds is 3. The maximum absolute atomic E-state index is 5.54. The summed E-state index contributed by atoms with van der Waals surface area (Å²) >= 11 is 0. The molecule has 3 heteroatoms. The van der Waals surface area contributed by atoms with E-state index in [0.717, 1.165) is 31.0 Å². The predicted molar refractivity (Wildman–Crippen MR) is 54.5 cm³/mol. The van der Waals surface area contributed by atoms with Crippen molar-refractivity contribution >= 4 is 0 Å². The highest BCUT2D eigenvalue weighted by Crippen LogP contribution is 2.25.